The second-order valence-electron chi connectivity index (χ2n) is 10.2. The van der Waals surface area contributed by atoms with Crippen molar-refractivity contribution in [3.05, 3.63) is 130 Å². The zero-order valence-electron chi connectivity index (χ0n) is 25.9. The van der Waals surface area contributed by atoms with Crippen LogP contribution in [0.15, 0.2) is 79.0 Å². The van der Waals surface area contributed by atoms with Crippen molar-refractivity contribution in [3.8, 4) is 11.5 Å². The van der Waals surface area contributed by atoms with Crippen molar-refractivity contribution in [2.24, 2.45) is 17.2 Å². The number of nitrogens with zero attached hydrogens (tertiary/aromatic N) is 1. The van der Waals surface area contributed by atoms with Gasteiger partial charge in [0.05, 0.1) is 5.56 Å². The smallest absolute Gasteiger partial charge is 0.134 e. The summed E-state index contributed by atoms with van der Waals surface area (Å²) in [5, 5.41) is 41.5. The summed E-state index contributed by atoms with van der Waals surface area (Å²) in [5.41, 5.74) is 25.6. The third-order valence-corrected chi connectivity index (χ3v) is 6.50. The molecule has 46 heavy (non-hydrogen) atoms. The number of nitrogens with two attached hydrogens (primary N) is 4. The number of halogens is 2. The summed E-state index contributed by atoms with van der Waals surface area (Å²) in [4.78, 5) is 3.97. The molecule has 0 saturated carbocycles. The fourth-order valence-electron chi connectivity index (χ4n) is 3.82. The maximum Gasteiger partial charge on any atom is 0.134 e. The number of hydrogen-bond acceptors (Lipinski definition) is 7. The largest absolute Gasteiger partial charge is 0.508 e. The van der Waals surface area contributed by atoms with Crippen LogP contribution in [0.3, 0.4) is 0 Å². The van der Waals surface area contributed by atoms with Gasteiger partial charge in [-0.3, -0.25) is 16.2 Å². The van der Waals surface area contributed by atoms with Crippen LogP contribution in [-0.4, -0.2) is 32.7 Å². The number of aryl methyl sites for hydroxylation is 4. The number of amidine groups is 3. The van der Waals surface area contributed by atoms with E-state index in [0.29, 0.717) is 22.5 Å². The van der Waals surface area contributed by atoms with E-state index in [2.05, 4.69) is 4.98 Å². The Balaban J connectivity index is 0.000000214. The maximum atomic E-state index is 12.8. The number of aromatic nitrogens is 1. The first kappa shape index (κ1) is 36.2. The van der Waals surface area contributed by atoms with E-state index in [1.165, 1.54) is 24.3 Å². The molecule has 0 aliphatic carbocycles. The summed E-state index contributed by atoms with van der Waals surface area (Å²) in [6.45, 7) is 7.07. The molecule has 0 radical (unpaired) electrons. The highest BCUT2D eigenvalue weighted by Gasteiger charge is 2.04. The fourth-order valence-corrected chi connectivity index (χ4v) is 3.82. The zero-order valence-corrected chi connectivity index (χ0v) is 25.9. The number of phenols is 2. The second-order valence-corrected chi connectivity index (χ2v) is 10.2. The number of pyridine rings is 1. The minimum Gasteiger partial charge on any atom is -0.508 e. The van der Waals surface area contributed by atoms with Crippen molar-refractivity contribution in [3.63, 3.8) is 0 Å². The normalized spacial score (nSPS) is 9.87. The van der Waals surface area contributed by atoms with E-state index >= 15 is 0 Å². The molecule has 10 nitrogen and oxygen atoms in total. The molecule has 1 heterocycles. The Kier molecular flexibility index (Phi) is 12.7. The van der Waals surface area contributed by atoms with E-state index in [0.717, 1.165) is 27.5 Å². The van der Waals surface area contributed by atoms with E-state index in [-0.39, 0.29) is 40.4 Å². The van der Waals surface area contributed by atoms with E-state index in [9.17, 15) is 13.9 Å². The molecule has 12 heteroatoms. The van der Waals surface area contributed by atoms with Crippen LogP contribution >= 0.6 is 0 Å². The summed E-state index contributed by atoms with van der Waals surface area (Å²) in [6.07, 6.45) is 1.63. The summed E-state index contributed by atoms with van der Waals surface area (Å²) < 4.78 is 25.5. The summed E-state index contributed by atoms with van der Waals surface area (Å²) in [6, 6.07) is 19.1. The van der Waals surface area contributed by atoms with Crippen molar-refractivity contribution >= 4 is 34.1 Å². The standard InChI is InChI=1S/C10H10N2O.2C8H9FN2.C8H10N2O/c1-6-4-8-7(5-9(6)13)2-3-12-10(8)11;1-5-4-6(8(10)11)2-3-7(5)9;1-5-2-3-7(9)6(4-5)8(10)11;1-5-4-6(8(9)10)2-3-7(5)11/h2-5,13H,1H3,(H2,11,12);2*2-4H,1H3,(H3,10,11);2-4,11H,1H3,(H3,9,10). The lowest BCUT2D eigenvalue weighted by atomic mass is 10.1. The Hall–Kier alpha value is -6.04. The van der Waals surface area contributed by atoms with Crippen LogP contribution in [0.5, 0.6) is 11.5 Å². The Bertz CT molecular complexity index is 1830. The molecule has 0 amide bonds. The van der Waals surface area contributed by atoms with Gasteiger partial charge in [-0.2, -0.15) is 0 Å². The number of nitrogens with one attached hydrogen (secondary N) is 3. The number of fused-ring (bicyclic) bond motifs is 1. The molecule has 1 aromatic heterocycles. The zero-order chi connectivity index (χ0) is 34.7. The quantitative estimate of drug-likeness (QED) is 0.0899. The van der Waals surface area contributed by atoms with Crippen LogP contribution < -0.4 is 22.9 Å². The molecule has 240 valence electrons. The third kappa shape index (κ3) is 10.3. The van der Waals surface area contributed by atoms with Crippen molar-refractivity contribution in [2.45, 2.75) is 27.7 Å². The molecule has 5 rings (SSSR count). The number of phenolic OH excluding ortho intramolecular Hbond substituents is 2. The summed E-state index contributed by atoms with van der Waals surface area (Å²) in [5.74, 6) is 0.0687. The van der Waals surface area contributed by atoms with Crippen molar-refractivity contribution in [1.29, 1.82) is 16.2 Å². The second kappa shape index (κ2) is 16.1. The Labute approximate surface area is 265 Å². The number of hydrogen-bond donors (Lipinski definition) is 9. The first-order valence-electron chi connectivity index (χ1n) is 13.7. The van der Waals surface area contributed by atoms with E-state index < -0.39 is 5.82 Å². The number of nitrogen functional groups attached to an aromatic ring is 4. The first-order valence-corrected chi connectivity index (χ1v) is 13.7. The van der Waals surface area contributed by atoms with E-state index in [1.807, 2.05) is 26.0 Å². The minimum absolute atomic E-state index is 0.0214. The van der Waals surface area contributed by atoms with Gasteiger partial charge in [0.15, 0.2) is 0 Å². The van der Waals surface area contributed by atoms with Gasteiger partial charge in [-0.05, 0) is 117 Å². The summed E-state index contributed by atoms with van der Waals surface area (Å²) >= 11 is 0. The molecule has 13 N–H and O–H groups in total. The number of benzene rings is 4. The third-order valence-electron chi connectivity index (χ3n) is 6.50. The van der Waals surface area contributed by atoms with Crippen LogP contribution in [0.1, 0.15) is 38.9 Å². The van der Waals surface area contributed by atoms with Crippen LogP contribution in [0.4, 0.5) is 14.6 Å². The molecule has 0 aliphatic rings. The molecule has 0 spiro atoms. The highest BCUT2D eigenvalue weighted by molar-refractivity contribution is 5.96. The first-order chi connectivity index (χ1) is 21.5. The lowest BCUT2D eigenvalue weighted by molar-refractivity contribution is 0.471. The molecule has 0 aliphatic heterocycles. The van der Waals surface area contributed by atoms with Crippen molar-refractivity contribution in [2.75, 3.05) is 5.73 Å². The molecular weight excluding hydrogens is 590 g/mol. The molecule has 0 atom stereocenters. The van der Waals surface area contributed by atoms with Gasteiger partial charge >= 0.3 is 0 Å². The lowest BCUT2D eigenvalue weighted by Crippen LogP contribution is -2.13. The van der Waals surface area contributed by atoms with Crippen LogP contribution in [-0.2, 0) is 0 Å². The molecule has 0 fully saturated rings. The molecule has 0 saturated heterocycles. The lowest BCUT2D eigenvalue weighted by Gasteiger charge is -2.03. The van der Waals surface area contributed by atoms with E-state index in [4.69, 9.17) is 44.3 Å². The number of anilines is 1. The van der Waals surface area contributed by atoms with Gasteiger partial charge < -0.3 is 33.1 Å². The molecule has 0 bridgehead atoms. The van der Waals surface area contributed by atoms with Crippen LogP contribution in [0.25, 0.3) is 10.8 Å². The van der Waals surface area contributed by atoms with E-state index in [1.54, 1.807) is 56.4 Å². The van der Waals surface area contributed by atoms with Gasteiger partial charge in [0.25, 0.3) is 0 Å². The highest BCUT2D eigenvalue weighted by Crippen LogP contribution is 2.26. The predicted molar refractivity (Wildman–Crippen MR) is 181 cm³/mol. The number of aromatic hydroxyl groups is 2. The molecule has 4 aromatic carbocycles. The molecular formula is C34H38F2N8O2. The van der Waals surface area contributed by atoms with Crippen LogP contribution in [0, 0.1) is 55.6 Å². The average Bonchev–Trinajstić information content (AvgIpc) is 2.99. The predicted octanol–water partition coefficient (Wildman–Crippen LogP) is 5.65. The monoisotopic (exact) mass is 628 g/mol. The molecule has 5 aromatic rings. The summed E-state index contributed by atoms with van der Waals surface area (Å²) in [7, 11) is 0. The van der Waals surface area contributed by atoms with Crippen molar-refractivity contribution < 1.29 is 19.0 Å². The van der Waals surface area contributed by atoms with Gasteiger partial charge in [0, 0.05) is 22.7 Å². The van der Waals surface area contributed by atoms with Crippen molar-refractivity contribution in [1.82, 2.24) is 4.98 Å². The maximum absolute atomic E-state index is 12.8. The Morgan fingerprint density at radius 2 is 1.17 bits per heavy atom. The van der Waals surface area contributed by atoms with Gasteiger partial charge in [0.2, 0.25) is 0 Å². The highest BCUT2D eigenvalue weighted by atomic mass is 19.1. The Morgan fingerprint density at radius 1 is 0.630 bits per heavy atom. The number of rotatable bonds is 3. The molecule has 0 unspecified atom stereocenters. The van der Waals surface area contributed by atoms with Crippen LogP contribution in [0.2, 0.25) is 0 Å². The van der Waals surface area contributed by atoms with Gasteiger partial charge in [-0.15, -0.1) is 0 Å². The fraction of sp³-hybridized carbons (Fsp3) is 0.118. The Morgan fingerprint density at radius 3 is 1.70 bits per heavy atom. The van der Waals surface area contributed by atoms with Gasteiger partial charge in [-0.1, -0.05) is 11.6 Å². The topological polar surface area (TPSA) is 229 Å². The minimum atomic E-state index is -0.442. The van der Waals surface area contributed by atoms with Gasteiger partial charge in [-0.25, -0.2) is 13.8 Å². The average molecular weight is 629 g/mol. The SMILES string of the molecule is Cc1cc(C(=N)N)ccc1F.Cc1cc(C(=N)N)ccc1O.Cc1cc2c(N)nccc2cc1O.Cc1ccc(F)c(C(=N)N)c1. The van der Waals surface area contributed by atoms with Gasteiger partial charge in [0.1, 0.15) is 46.5 Å².